The standard InChI is InChI=1S/C11H15NO/c1-4-5-11(13)10-7-6-8(2)12-9(10)3/h6-7H,4-5H2,1-3H3. The Kier molecular flexibility index (Phi) is 3.18. The molecule has 1 rings (SSSR count). The van der Waals surface area contributed by atoms with Crippen LogP contribution >= 0.6 is 0 Å². The van der Waals surface area contributed by atoms with E-state index in [0.717, 1.165) is 23.4 Å². The van der Waals surface area contributed by atoms with Gasteiger partial charge in [0.1, 0.15) is 0 Å². The van der Waals surface area contributed by atoms with Crippen LogP contribution in [-0.2, 0) is 0 Å². The van der Waals surface area contributed by atoms with Gasteiger partial charge >= 0.3 is 0 Å². The molecule has 2 nitrogen and oxygen atoms in total. The minimum Gasteiger partial charge on any atom is -0.294 e. The molecule has 0 bridgehead atoms. The summed E-state index contributed by atoms with van der Waals surface area (Å²) in [5, 5.41) is 0. The van der Waals surface area contributed by atoms with Gasteiger partial charge in [-0.25, -0.2) is 0 Å². The molecule has 0 aliphatic rings. The van der Waals surface area contributed by atoms with Gasteiger partial charge in [-0.1, -0.05) is 6.92 Å². The second-order valence-electron chi connectivity index (χ2n) is 3.26. The van der Waals surface area contributed by atoms with E-state index in [1.165, 1.54) is 0 Å². The van der Waals surface area contributed by atoms with Gasteiger partial charge in [0.15, 0.2) is 5.78 Å². The molecule has 0 fully saturated rings. The van der Waals surface area contributed by atoms with Crippen LogP contribution in [0.25, 0.3) is 0 Å². The van der Waals surface area contributed by atoms with E-state index in [2.05, 4.69) is 4.98 Å². The summed E-state index contributed by atoms with van der Waals surface area (Å²) in [6.45, 7) is 5.83. The van der Waals surface area contributed by atoms with Gasteiger partial charge in [0.25, 0.3) is 0 Å². The summed E-state index contributed by atoms with van der Waals surface area (Å²) in [5.41, 5.74) is 2.58. The summed E-state index contributed by atoms with van der Waals surface area (Å²) < 4.78 is 0. The molecule has 0 N–H and O–H groups in total. The molecule has 0 saturated heterocycles. The molecule has 0 aliphatic carbocycles. The average Bonchev–Trinajstić information content (AvgIpc) is 2.04. The van der Waals surface area contributed by atoms with E-state index in [4.69, 9.17) is 0 Å². The van der Waals surface area contributed by atoms with E-state index in [1.54, 1.807) is 0 Å². The molecule has 1 heterocycles. The number of nitrogens with zero attached hydrogens (tertiary/aromatic N) is 1. The first-order valence-corrected chi connectivity index (χ1v) is 4.62. The SMILES string of the molecule is CCCC(=O)c1ccc(C)nc1C. The summed E-state index contributed by atoms with van der Waals surface area (Å²) >= 11 is 0. The molecule has 13 heavy (non-hydrogen) atoms. The first-order chi connectivity index (χ1) is 6.15. The van der Waals surface area contributed by atoms with Crippen molar-refractivity contribution in [2.45, 2.75) is 33.6 Å². The van der Waals surface area contributed by atoms with Crippen molar-refractivity contribution in [2.75, 3.05) is 0 Å². The number of pyridine rings is 1. The molecule has 0 saturated carbocycles. The Morgan fingerprint density at radius 2 is 2.08 bits per heavy atom. The zero-order valence-electron chi connectivity index (χ0n) is 8.42. The lowest BCUT2D eigenvalue weighted by atomic mass is 10.1. The predicted molar refractivity (Wildman–Crippen MR) is 52.9 cm³/mol. The number of carbonyl (C=O) groups is 1. The number of Topliss-reactive ketones (excluding diaryl/α,β-unsaturated/α-hetero) is 1. The minimum absolute atomic E-state index is 0.201. The van der Waals surface area contributed by atoms with E-state index in [1.807, 2.05) is 32.9 Å². The maximum Gasteiger partial charge on any atom is 0.164 e. The van der Waals surface area contributed by atoms with Crippen molar-refractivity contribution in [2.24, 2.45) is 0 Å². The number of rotatable bonds is 3. The van der Waals surface area contributed by atoms with Gasteiger partial charge in [-0.05, 0) is 32.4 Å². The van der Waals surface area contributed by atoms with E-state index in [-0.39, 0.29) is 5.78 Å². The van der Waals surface area contributed by atoms with Crippen LogP contribution < -0.4 is 0 Å². The number of ketones is 1. The van der Waals surface area contributed by atoms with Crippen molar-refractivity contribution >= 4 is 5.78 Å². The summed E-state index contributed by atoms with van der Waals surface area (Å²) in [6.07, 6.45) is 1.51. The first-order valence-electron chi connectivity index (χ1n) is 4.62. The average molecular weight is 177 g/mol. The molecule has 1 aromatic heterocycles. The second-order valence-corrected chi connectivity index (χ2v) is 3.26. The number of hydrogen-bond donors (Lipinski definition) is 0. The Labute approximate surface area is 79.0 Å². The molecular weight excluding hydrogens is 162 g/mol. The van der Waals surface area contributed by atoms with E-state index in [0.29, 0.717) is 6.42 Å². The van der Waals surface area contributed by atoms with Gasteiger partial charge in [0, 0.05) is 23.4 Å². The number of carbonyl (C=O) groups excluding carboxylic acids is 1. The number of hydrogen-bond acceptors (Lipinski definition) is 2. The molecule has 0 aliphatic heterocycles. The number of aryl methyl sites for hydroxylation is 2. The van der Waals surface area contributed by atoms with Crippen molar-refractivity contribution in [1.29, 1.82) is 0 Å². The molecule has 0 atom stereocenters. The summed E-state index contributed by atoms with van der Waals surface area (Å²) in [7, 11) is 0. The lowest BCUT2D eigenvalue weighted by molar-refractivity contribution is 0.0981. The van der Waals surface area contributed by atoms with Crippen molar-refractivity contribution in [1.82, 2.24) is 4.98 Å². The van der Waals surface area contributed by atoms with Crippen LogP contribution in [0.5, 0.6) is 0 Å². The van der Waals surface area contributed by atoms with Crippen LogP contribution in [-0.4, -0.2) is 10.8 Å². The van der Waals surface area contributed by atoms with E-state index < -0.39 is 0 Å². The highest BCUT2D eigenvalue weighted by Gasteiger charge is 2.08. The minimum atomic E-state index is 0.201. The monoisotopic (exact) mass is 177 g/mol. The first kappa shape index (κ1) is 9.90. The molecule has 70 valence electrons. The molecule has 0 amide bonds. The van der Waals surface area contributed by atoms with Gasteiger partial charge < -0.3 is 0 Å². The fourth-order valence-electron chi connectivity index (χ4n) is 1.34. The van der Waals surface area contributed by atoms with Crippen molar-refractivity contribution in [3.8, 4) is 0 Å². The highest BCUT2D eigenvalue weighted by Crippen LogP contribution is 2.10. The van der Waals surface area contributed by atoms with Crippen molar-refractivity contribution < 1.29 is 4.79 Å². The van der Waals surface area contributed by atoms with Crippen LogP contribution in [0.3, 0.4) is 0 Å². The number of aromatic nitrogens is 1. The second kappa shape index (κ2) is 4.17. The molecule has 1 aromatic rings. The Morgan fingerprint density at radius 3 is 2.62 bits per heavy atom. The Bertz CT molecular complexity index is 318. The van der Waals surface area contributed by atoms with E-state index >= 15 is 0 Å². The van der Waals surface area contributed by atoms with Crippen LogP contribution in [0.2, 0.25) is 0 Å². The summed E-state index contributed by atoms with van der Waals surface area (Å²) in [4.78, 5) is 15.8. The van der Waals surface area contributed by atoms with Gasteiger partial charge in [0.05, 0.1) is 0 Å². The normalized spacial score (nSPS) is 10.1. The smallest absolute Gasteiger partial charge is 0.164 e. The Balaban J connectivity index is 2.95. The molecule has 0 aromatic carbocycles. The van der Waals surface area contributed by atoms with Crippen LogP contribution in [0.4, 0.5) is 0 Å². The lowest BCUT2D eigenvalue weighted by Crippen LogP contribution is -2.03. The third kappa shape index (κ3) is 2.38. The van der Waals surface area contributed by atoms with Gasteiger partial charge in [-0.3, -0.25) is 9.78 Å². The van der Waals surface area contributed by atoms with Crippen LogP contribution in [0.15, 0.2) is 12.1 Å². The quantitative estimate of drug-likeness (QED) is 0.664. The molecule has 0 spiro atoms. The van der Waals surface area contributed by atoms with Crippen molar-refractivity contribution in [3.05, 3.63) is 29.1 Å². The fraction of sp³-hybridized carbons (Fsp3) is 0.455. The van der Waals surface area contributed by atoms with Crippen LogP contribution in [0.1, 0.15) is 41.5 Å². The van der Waals surface area contributed by atoms with Crippen LogP contribution in [0, 0.1) is 13.8 Å². The largest absolute Gasteiger partial charge is 0.294 e. The molecular formula is C11H15NO. The van der Waals surface area contributed by atoms with Crippen molar-refractivity contribution in [3.63, 3.8) is 0 Å². The maximum atomic E-state index is 11.5. The highest BCUT2D eigenvalue weighted by atomic mass is 16.1. The van der Waals surface area contributed by atoms with Gasteiger partial charge in [-0.15, -0.1) is 0 Å². The Morgan fingerprint density at radius 1 is 1.38 bits per heavy atom. The highest BCUT2D eigenvalue weighted by molar-refractivity contribution is 5.96. The zero-order valence-corrected chi connectivity index (χ0v) is 8.42. The Hall–Kier alpha value is -1.18. The lowest BCUT2D eigenvalue weighted by Gasteiger charge is -2.03. The summed E-state index contributed by atoms with van der Waals surface area (Å²) in [5.74, 6) is 0.201. The topological polar surface area (TPSA) is 30.0 Å². The third-order valence-corrected chi connectivity index (χ3v) is 2.00. The zero-order chi connectivity index (χ0) is 9.84. The maximum absolute atomic E-state index is 11.5. The fourth-order valence-corrected chi connectivity index (χ4v) is 1.34. The molecule has 2 heteroatoms. The van der Waals surface area contributed by atoms with Gasteiger partial charge in [-0.2, -0.15) is 0 Å². The molecule has 0 unspecified atom stereocenters. The van der Waals surface area contributed by atoms with E-state index in [9.17, 15) is 4.79 Å². The van der Waals surface area contributed by atoms with Gasteiger partial charge in [0.2, 0.25) is 0 Å². The summed E-state index contributed by atoms with van der Waals surface area (Å²) in [6, 6.07) is 3.76. The third-order valence-electron chi connectivity index (χ3n) is 2.00. The predicted octanol–water partition coefficient (Wildman–Crippen LogP) is 2.68. The molecule has 0 radical (unpaired) electrons.